The van der Waals surface area contributed by atoms with E-state index in [9.17, 15) is 0 Å². The quantitative estimate of drug-likeness (QED) is 0.788. The summed E-state index contributed by atoms with van der Waals surface area (Å²) in [4.78, 5) is 0. The molecule has 0 aliphatic carbocycles. The van der Waals surface area contributed by atoms with Gasteiger partial charge < -0.3 is 11.0 Å². The van der Waals surface area contributed by atoms with Crippen LogP contribution >= 0.6 is 15.9 Å². The number of nitrogens with two attached hydrogens (primary N) is 1. The average Bonchev–Trinajstić information content (AvgIpc) is 2.46. The van der Waals surface area contributed by atoms with Crippen molar-refractivity contribution >= 4 is 15.9 Å². The molecular formula is C10H13BrN2. The largest absolute Gasteiger partial charge is 0.326 e. The number of hydrogen-bond acceptors (Lipinski definition) is 2. The zero-order valence-corrected chi connectivity index (χ0v) is 8.87. The molecule has 3 N–H and O–H groups in total. The molecule has 0 spiro atoms. The molecule has 1 heterocycles. The third-order valence-corrected chi connectivity index (χ3v) is 2.88. The smallest absolute Gasteiger partial charge is 0.123 e. The number of hydrogen-bond donors (Lipinski definition) is 2. The van der Waals surface area contributed by atoms with Crippen LogP contribution in [0.15, 0.2) is 28.7 Å². The highest BCUT2D eigenvalue weighted by Crippen LogP contribution is 2.24. The Kier molecular flexibility index (Phi) is 2.32. The summed E-state index contributed by atoms with van der Waals surface area (Å²) in [5, 5.41) is 1.58. The predicted octanol–water partition coefficient (Wildman–Crippen LogP) is 1.81. The minimum Gasteiger partial charge on any atom is -0.326 e. The van der Waals surface area contributed by atoms with Gasteiger partial charge in [-0.15, -0.1) is 0 Å². The number of rotatable bonds is 1. The Morgan fingerprint density at radius 1 is 1.62 bits per heavy atom. The highest BCUT2D eigenvalue weighted by molar-refractivity contribution is 9.10. The molecule has 1 aliphatic heterocycles. The minimum atomic E-state index is 0.0486. The van der Waals surface area contributed by atoms with E-state index < -0.39 is 0 Å². The maximum absolute atomic E-state index is 7.77. The van der Waals surface area contributed by atoms with Crippen LogP contribution in [-0.2, 0) is 0 Å². The number of halogens is 1. The van der Waals surface area contributed by atoms with Gasteiger partial charge in [0.1, 0.15) is 1.41 Å². The summed E-state index contributed by atoms with van der Waals surface area (Å²) >= 11 is 3.43. The van der Waals surface area contributed by atoms with E-state index in [4.69, 9.17) is 7.15 Å². The Balaban J connectivity index is 2.29. The number of benzene rings is 1. The van der Waals surface area contributed by atoms with E-state index in [1.807, 2.05) is 24.3 Å². The normalized spacial score (nSPS) is 30.5. The molecule has 0 aromatic heterocycles. The molecular weight excluding hydrogens is 228 g/mol. The van der Waals surface area contributed by atoms with Crippen LogP contribution < -0.4 is 11.0 Å². The van der Waals surface area contributed by atoms with E-state index in [-0.39, 0.29) is 12.1 Å². The van der Waals surface area contributed by atoms with Gasteiger partial charge in [-0.05, 0) is 30.7 Å². The van der Waals surface area contributed by atoms with Crippen LogP contribution in [-0.4, -0.2) is 12.6 Å². The zero-order valence-electron chi connectivity index (χ0n) is 8.28. The Labute approximate surface area is 88.1 Å². The first-order valence-electron chi connectivity index (χ1n) is 4.90. The van der Waals surface area contributed by atoms with Gasteiger partial charge in [-0.25, -0.2) is 0 Å². The predicted molar refractivity (Wildman–Crippen MR) is 57.5 cm³/mol. The van der Waals surface area contributed by atoms with Crippen LogP contribution in [0.5, 0.6) is 0 Å². The van der Waals surface area contributed by atoms with Crippen molar-refractivity contribution in [1.82, 2.24) is 5.31 Å². The molecule has 0 amide bonds. The monoisotopic (exact) mass is 241 g/mol. The van der Waals surface area contributed by atoms with Crippen molar-refractivity contribution in [3.63, 3.8) is 0 Å². The molecule has 2 nitrogen and oxygen atoms in total. The molecule has 0 bridgehead atoms. The van der Waals surface area contributed by atoms with Gasteiger partial charge in [0.15, 0.2) is 0 Å². The van der Waals surface area contributed by atoms with Gasteiger partial charge in [-0.3, -0.25) is 0 Å². The summed E-state index contributed by atoms with van der Waals surface area (Å²) in [5.41, 5.74) is 7.10. The molecule has 1 aliphatic rings. The van der Waals surface area contributed by atoms with Gasteiger partial charge in [-0.2, -0.15) is 0 Å². The summed E-state index contributed by atoms with van der Waals surface area (Å²) in [6.07, 6.45) is 0.903. The first-order valence-corrected chi connectivity index (χ1v) is 5.24. The molecule has 3 heteroatoms. The molecule has 1 fully saturated rings. The molecule has 0 saturated carbocycles. The maximum Gasteiger partial charge on any atom is 0.123 e. The van der Waals surface area contributed by atoms with Crippen LogP contribution in [0.4, 0.5) is 0 Å². The fraction of sp³-hybridized carbons (Fsp3) is 0.400. The highest BCUT2D eigenvalue weighted by atomic mass is 79.9. The third kappa shape index (κ3) is 1.93. The highest BCUT2D eigenvalue weighted by Gasteiger charge is 2.24. The van der Waals surface area contributed by atoms with E-state index >= 15 is 0 Å². The van der Waals surface area contributed by atoms with Crippen LogP contribution in [0, 0.1) is 0 Å². The van der Waals surface area contributed by atoms with Gasteiger partial charge in [0, 0.05) is 16.6 Å². The number of nitrogens with one attached hydrogen (secondary N) is 1. The van der Waals surface area contributed by atoms with E-state index in [0.29, 0.717) is 0 Å². The fourth-order valence-corrected chi connectivity index (χ4v) is 2.12. The molecule has 1 unspecified atom stereocenters. The molecule has 70 valence electrons. The molecule has 1 saturated heterocycles. The lowest BCUT2D eigenvalue weighted by Crippen LogP contribution is -2.28. The summed E-state index contributed by atoms with van der Waals surface area (Å²) in [6, 6.07) is 8.17. The van der Waals surface area contributed by atoms with Gasteiger partial charge >= 0.3 is 0 Å². The SMILES string of the molecule is [2H]N1CCC(N)[C@H]1c1cccc(Br)c1. The third-order valence-electron chi connectivity index (χ3n) is 2.38. The summed E-state index contributed by atoms with van der Waals surface area (Å²) in [6.45, 7) is 0.762. The Morgan fingerprint density at radius 2 is 2.46 bits per heavy atom. The minimum absolute atomic E-state index is 0.0486. The summed E-state index contributed by atoms with van der Waals surface area (Å²) in [5.74, 6) is 0. The summed E-state index contributed by atoms with van der Waals surface area (Å²) < 4.78 is 8.81. The van der Waals surface area contributed by atoms with Crippen molar-refractivity contribution < 1.29 is 1.41 Å². The molecule has 13 heavy (non-hydrogen) atoms. The molecule has 1 aromatic rings. The Hall–Kier alpha value is -0.380. The van der Waals surface area contributed by atoms with Crippen LogP contribution in [0.1, 0.15) is 18.0 Å². The zero-order chi connectivity index (χ0) is 10.1. The Bertz CT molecular complexity index is 322. The van der Waals surface area contributed by atoms with E-state index in [0.717, 1.165) is 23.0 Å². The van der Waals surface area contributed by atoms with Gasteiger partial charge in [0.05, 0.1) is 0 Å². The van der Waals surface area contributed by atoms with Gasteiger partial charge in [-0.1, -0.05) is 28.1 Å². The van der Waals surface area contributed by atoms with Crippen molar-refractivity contribution in [1.29, 1.82) is 0 Å². The van der Waals surface area contributed by atoms with Crippen LogP contribution in [0.3, 0.4) is 0 Å². The van der Waals surface area contributed by atoms with Gasteiger partial charge in [0.2, 0.25) is 0 Å². The molecule has 2 atom stereocenters. The lowest BCUT2D eigenvalue weighted by Gasteiger charge is -2.15. The van der Waals surface area contributed by atoms with Crippen molar-refractivity contribution in [3.8, 4) is 0 Å². The van der Waals surface area contributed by atoms with E-state index in [1.54, 1.807) is 5.31 Å². The van der Waals surface area contributed by atoms with Crippen LogP contribution in [0.2, 0.25) is 1.41 Å². The van der Waals surface area contributed by atoms with Crippen molar-refractivity contribution in [3.05, 3.63) is 34.3 Å². The van der Waals surface area contributed by atoms with Crippen molar-refractivity contribution in [2.24, 2.45) is 5.73 Å². The Morgan fingerprint density at radius 3 is 3.08 bits per heavy atom. The fourth-order valence-electron chi connectivity index (χ4n) is 1.70. The lowest BCUT2D eigenvalue weighted by molar-refractivity contribution is 0.571. The topological polar surface area (TPSA) is 38.0 Å². The van der Waals surface area contributed by atoms with Crippen molar-refractivity contribution in [2.75, 3.05) is 6.54 Å². The molecule has 0 radical (unpaired) electrons. The second-order valence-corrected chi connectivity index (χ2v) is 4.27. The average molecular weight is 242 g/mol. The van der Waals surface area contributed by atoms with Gasteiger partial charge in [0.25, 0.3) is 0 Å². The summed E-state index contributed by atoms with van der Waals surface area (Å²) in [7, 11) is 0. The van der Waals surface area contributed by atoms with Crippen LogP contribution in [0.25, 0.3) is 0 Å². The standard InChI is InChI=1S/C10H13BrN2/c11-8-3-1-2-7(6-8)10-9(12)4-5-13-10/h1-3,6,9-10,13H,4-5,12H2/t9?,10-/m1/s1/i/hD. The second kappa shape index (κ2) is 3.78. The van der Waals surface area contributed by atoms with E-state index in [1.165, 1.54) is 0 Å². The molecule has 2 rings (SSSR count). The second-order valence-electron chi connectivity index (χ2n) is 3.36. The lowest BCUT2D eigenvalue weighted by atomic mass is 10.0. The van der Waals surface area contributed by atoms with E-state index in [2.05, 4.69) is 15.9 Å². The maximum atomic E-state index is 7.77. The van der Waals surface area contributed by atoms with Crippen molar-refractivity contribution in [2.45, 2.75) is 18.5 Å². The first kappa shape index (κ1) is 7.97. The first-order chi connectivity index (χ1) is 6.68. The molecule has 1 aromatic carbocycles.